The number of aryl methyl sites for hydroxylation is 1. The molecule has 2 rings (SSSR count). The van der Waals surface area contributed by atoms with Gasteiger partial charge in [0.25, 0.3) is 5.56 Å². The standard InChI is InChI=1S/C11H17N5O4.Na/c12-10-14-8-7(9(20)15-10)13-6-16(8)2-1-11(3-17,4-18)5-19;/h6,17-19H,1-5H2,(H3,12,14,15,20);. The Morgan fingerprint density at radius 1 is 1.29 bits per heavy atom. The Labute approximate surface area is 142 Å². The molecule has 2 heterocycles. The van der Waals surface area contributed by atoms with Crippen LogP contribution < -0.4 is 11.3 Å². The number of aromatic nitrogens is 4. The van der Waals surface area contributed by atoms with Gasteiger partial charge in [-0.3, -0.25) is 9.78 Å². The fourth-order valence-corrected chi connectivity index (χ4v) is 1.88. The van der Waals surface area contributed by atoms with Crippen molar-refractivity contribution in [2.24, 2.45) is 5.41 Å². The number of imidazole rings is 1. The maximum absolute atomic E-state index is 11.6. The molecule has 21 heavy (non-hydrogen) atoms. The first-order valence-corrected chi connectivity index (χ1v) is 6.08. The van der Waals surface area contributed by atoms with Gasteiger partial charge in [-0.2, -0.15) is 4.98 Å². The molecule has 0 amide bonds. The van der Waals surface area contributed by atoms with E-state index in [1.807, 2.05) is 0 Å². The number of nitrogen functional groups attached to an aromatic ring is 1. The number of nitrogens with two attached hydrogens (primary N) is 1. The largest absolute Gasteiger partial charge is 0.396 e. The molecule has 6 N–H and O–H groups in total. The summed E-state index contributed by atoms with van der Waals surface area (Å²) in [6, 6.07) is 0. The van der Waals surface area contributed by atoms with Gasteiger partial charge in [0.05, 0.1) is 26.1 Å². The summed E-state index contributed by atoms with van der Waals surface area (Å²) in [6.07, 6.45) is 1.74. The summed E-state index contributed by atoms with van der Waals surface area (Å²) in [4.78, 5) is 21.9. The fraction of sp³-hybridized carbons (Fsp3) is 0.545. The molecule has 2 aromatic heterocycles. The van der Waals surface area contributed by atoms with E-state index in [9.17, 15) is 20.1 Å². The summed E-state index contributed by atoms with van der Waals surface area (Å²) in [5.74, 6) is -0.0120. The van der Waals surface area contributed by atoms with Gasteiger partial charge in [0.1, 0.15) is 0 Å². The quantitative estimate of drug-likeness (QED) is 0.376. The van der Waals surface area contributed by atoms with Crippen LogP contribution >= 0.6 is 0 Å². The van der Waals surface area contributed by atoms with Crippen molar-refractivity contribution in [1.82, 2.24) is 19.5 Å². The van der Waals surface area contributed by atoms with Crippen LogP contribution in [0.2, 0.25) is 0 Å². The predicted molar refractivity (Wildman–Crippen MR) is 76.6 cm³/mol. The van der Waals surface area contributed by atoms with E-state index in [-0.39, 0.29) is 60.8 Å². The molecule has 0 saturated heterocycles. The van der Waals surface area contributed by atoms with Crippen molar-refractivity contribution in [1.29, 1.82) is 0 Å². The Hall–Kier alpha value is -0.970. The molecule has 1 radical (unpaired) electrons. The van der Waals surface area contributed by atoms with Crippen LogP contribution in [0.4, 0.5) is 5.95 Å². The van der Waals surface area contributed by atoms with Crippen LogP contribution in [0.3, 0.4) is 0 Å². The summed E-state index contributed by atoms with van der Waals surface area (Å²) in [5.41, 5.74) is 4.57. The molecule has 0 aliphatic carbocycles. The number of hydrogen-bond donors (Lipinski definition) is 5. The first kappa shape index (κ1) is 18.1. The Kier molecular flexibility index (Phi) is 6.32. The molecule has 9 nitrogen and oxygen atoms in total. The van der Waals surface area contributed by atoms with Gasteiger partial charge >= 0.3 is 0 Å². The van der Waals surface area contributed by atoms with Crippen molar-refractivity contribution in [2.75, 3.05) is 25.6 Å². The zero-order chi connectivity index (χ0) is 14.8. The molecule has 0 fully saturated rings. The number of aliphatic hydroxyl groups is 3. The number of anilines is 1. The van der Waals surface area contributed by atoms with E-state index in [0.29, 0.717) is 18.6 Å². The fourth-order valence-electron chi connectivity index (χ4n) is 1.88. The Balaban J connectivity index is 0.00000220. The van der Waals surface area contributed by atoms with Crippen molar-refractivity contribution in [3.8, 4) is 0 Å². The Bertz CT molecular complexity index is 643. The van der Waals surface area contributed by atoms with Crippen molar-refractivity contribution in [3.63, 3.8) is 0 Å². The molecular weight excluding hydrogens is 289 g/mol. The molecule has 0 spiro atoms. The van der Waals surface area contributed by atoms with Crippen molar-refractivity contribution >= 4 is 46.7 Å². The maximum atomic E-state index is 11.6. The van der Waals surface area contributed by atoms with E-state index in [2.05, 4.69) is 15.0 Å². The number of aromatic amines is 1. The average Bonchev–Trinajstić information content (AvgIpc) is 2.84. The summed E-state index contributed by atoms with van der Waals surface area (Å²) in [7, 11) is 0. The van der Waals surface area contributed by atoms with Crippen LogP contribution in [0, 0.1) is 5.41 Å². The first-order valence-electron chi connectivity index (χ1n) is 6.08. The van der Waals surface area contributed by atoms with Gasteiger partial charge in [0.2, 0.25) is 5.95 Å². The Morgan fingerprint density at radius 3 is 2.48 bits per heavy atom. The second-order valence-electron chi connectivity index (χ2n) is 4.79. The average molecular weight is 306 g/mol. The van der Waals surface area contributed by atoms with Crippen LogP contribution in [0.25, 0.3) is 11.2 Å². The summed E-state index contributed by atoms with van der Waals surface area (Å²) in [5, 5.41) is 27.8. The van der Waals surface area contributed by atoms with Gasteiger partial charge in [-0.05, 0) is 6.42 Å². The minimum atomic E-state index is -0.983. The summed E-state index contributed by atoms with van der Waals surface area (Å²) < 4.78 is 1.59. The smallest absolute Gasteiger partial charge is 0.280 e. The molecule has 2 aromatic rings. The molecule has 0 aromatic carbocycles. The minimum Gasteiger partial charge on any atom is -0.396 e. The van der Waals surface area contributed by atoms with Crippen LogP contribution in [0.15, 0.2) is 11.1 Å². The van der Waals surface area contributed by atoms with E-state index in [0.717, 1.165) is 0 Å². The van der Waals surface area contributed by atoms with Crippen LogP contribution in [0.5, 0.6) is 0 Å². The molecule has 0 atom stereocenters. The third-order valence-corrected chi connectivity index (χ3v) is 3.38. The molecule has 0 aliphatic heterocycles. The van der Waals surface area contributed by atoms with Gasteiger partial charge in [-0.1, -0.05) is 0 Å². The van der Waals surface area contributed by atoms with Gasteiger partial charge in [0, 0.05) is 41.5 Å². The van der Waals surface area contributed by atoms with Gasteiger partial charge in [-0.25, -0.2) is 4.98 Å². The van der Waals surface area contributed by atoms with Crippen molar-refractivity contribution in [2.45, 2.75) is 13.0 Å². The van der Waals surface area contributed by atoms with Gasteiger partial charge in [-0.15, -0.1) is 0 Å². The van der Waals surface area contributed by atoms with Crippen LogP contribution in [0.1, 0.15) is 6.42 Å². The summed E-state index contributed by atoms with van der Waals surface area (Å²) in [6.45, 7) is -0.706. The molecular formula is C11H17N5NaO4. The normalized spacial score (nSPS) is 11.6. The number of rotatable bonds is 6. The first-order chi connectivity index (χ1) is 9.55. The van der Waals surface area contributed by atoms with Crippen molar-refractivity contribution in [3.05, 3.63) is 16.7 Å². The maximum Gasteiger partial charge on any atom is 0.280 e. The SMILES string of the molecule is Nc1nc2c(ncn2CCC(CO)(CO)CO)c(=O)[nH]1.[Na]. The van der Waals surface area contributed by atoms with E-state index in [1.165, 1.54) is 6.33 Å². The number of nitrogens with one attached hydrogen (secondary N) is 1. The topological polar surface area (TPSA) is 150 Å². The zero-order valence-electron chi connectivity index (χ0n) is 11.8. The number of hydrogen-bond acceptors (Lipinski definition) is 7. The van der Waals surface area contributed by atoms with Crippen molar-refractivity contribution < 1.29 is 15.3 Å². The summed E-state index contributed by atoms with van der Waals surface area (Å²) >= 11 is 0. The molecule has 0 aliphatic rings. The van der Waals surface area contributed by atoms with E-state index in [1.54, 1.807) is 4.57 Å². The predicted octanol–water partition coefficient (Wildman–Crippen LogP) is -2.33. The molecule has 0 bridgehead atoms. The van der Waals surface area contributed by atoms with E-state index in [4.69, 9.17) is 5.73 Å². The Morgan fingerprint density at radius 2 is 1.90 bits per heavy atom. The third-order valence-electron chi connectivity index (χ3n) is 3.38. The second kappa shape index (κ2) is 7.34. The number of fused-ring (bicyclic) bond motifs is 1. The van der Waals surface area contributed by atoms with E-state index >= 15 is 0 Å². The molecule has 0 saturated carbocycles. The minimum absolute atomic E-state index is 0. The molecule has 111 valence electrons. The van der Waals surface area contributed by atoms with Crippen LogP contribution in [-0.4, -0.2) is 84.2 Å². The molecule has 10 heteroatoms. The number of H-pyrrole nitrogens is 1. The van der Waals surface area contributed by atoms with Gasteiger partial charge < -0.3 is 25.6 Å². The third kappa shape index (κ3) is 3.62. The zero-order valence-corrected chi connectivity index (χ0v) is 13.8. The van der Waals surface area contributed by atoms with Gasteiger partial charge in [0.15, 0.2) is 11.2 Å². The monoisotopic (exact) mass is 306 g/mol. The number of aliphatic hydroxyl groups excluding tert-OH is 3. The van der Waals surface area contributed by atoms with Crippen LogP contribution in [-0.2, 0) is 6.54 Å². The van der Waals surface area contributed by atoms with E-state index < -0.39 is 11.0 Å². The number of nitrogens with zero attached hydrogens (tertiary/aromatic N) is 3. The second-order valence-corrected chi connectivity index (χ2v) is 4.79. The molecule has 0 unspecified atom stereocenters.